The fraction of sp³-hybridized carbons (Fsp3) is 0.133. The first-order chi connectivity index (χ1) is 8.59. The minimum absolute atomic E-state index is 0.0237. The van der Waals surface area contributed by atoms with Gasteiger partial charge in [-0.05, 0) is 30.2 Å². The molecule has 0 amide bonds. The molecule has 0 radical (unpaired) electrons. The zero-order valence-electron chi connectivity index (χ0n) is 9.91. The van der Waals surface area contributed by atoms with Crippen LogP contribution in [-0.2, 0) is 6.42 Å². The van der Waals surface area contributed by atoms with Crippen LogP contribution in [0.2, 0.25) is 5.02 Å². The van der Waals surface area contributed by atoms with Crippen molar-refractivity contribution in [1.82, 2.24) is 0 Å². The van der Waals surface area contributed by atoms with Gasteiger partial charge in [-0.2, -0.15) is 0 Å². The van der Waals surface area contributed by atoms with Crippen molar-refractivity contribution in [2.45, 2.75) is 13.3 Å². The molecule has 0 bridgehead atoms. The van der Waals surface area contributed by atoms with Crippen LogP contribution in [0.3, 0.4) is 0 Å². The number of benzene rings is 2. The topological polar surface area (TPSA) is 17.1 Å². The van der Waals surface area contributed by atoms with Crippen LogP contribution in [0, 0.1) is 12.7 Å². The van der Waals surface area contributed by atoms with E-state index in [1.54, 1.807) is 30.3 Å². The highest BCUT2D eigenvalue weighted by molar-refractivity contribution is 6.34. The molecule has 18 heavy (non-hydrogen) atoms. The molecule has 2 aromatic rings. The van der Waals surface area contributed by atoms with Crippen LogP contribution in [-0.4, -0.2) is 5.78 Å². The average molecular weight is 263 g/mol. The lowest BCUT2D eigenvalue weighted by Gasteiger charge is -2.06. The molecule has 0 N–H and O–H groups in total. The number of rotatable bonds is 3. The maximum Gasteiger partial charge on any atom is 0.168 e. The maximum absolute atomic E-state index is 13.5. The smallest absolute Gasteiger partial charge is 0.168 e. The molecule has 3 heteroatoms. The Kier molecular flexibility index (Phi) is 3.78. The van der Waals surface area contributed by atoms with Crippen molar-refractivity contribution in [2.75, 3.05) is 0 Å². The van der Waals surface area contributed by atoms with Crippen molar-refractivity contribution in [1.29, 1.82) is 0 Å². The van der Waals surface area contributed by atoms with Gasteiger partial charge in [0.25, 0.3) is 0 Å². The molecule has 2 rings (SSSR count). The SMILES string of the molecule is Cc1cccc(C(=O)Cc2ccccc2F)c1Cl. The summed E-state index contributed by atoms with van der Waals surface area (Å²) in [4.78, 5) is 12.1. The van der Waals surface area contributed by atoms with Crippen LogP contribution in [0.5, 0.6) is 0 Å². The second kappa shape index (κ2) is 5.32. The van der Waals surface area contributed by atoms with E-state index >= 15 is 0 Å². The Labute approximate surface area is 110 Å². The second-order valence-electron chi connectivity index (χ2n) is 4.13. The van der Waals surface area contributed by atoms with E-state index in [4.69, 9.17) is 11.6 Å². The summed E-state index contributed by atoms with van der Waals surface area (Å²) >= 11 is 6.08. The molecule has 92 valence electrons. The van der Waals surface area contributed by atoms with E-state index in [-0.39, 0.29) is 18.0 Å². The van der Waals surface area contributed by atoms with Crippen LogP contribution in [0.1, 0.15) is 21.5 Å². The van der Waals surface area contributed by atoms with E-state index in [1.165, 1.54) is 6.07 Å². The second-order valence-corrected chi connectivity index (χ2v) is 4.51. The summed E-state index contributed by atoms with van der Waals surface area (Å²) < 4.78 is 13.5. The highest BCUT2D eigenvalue weighted by Gasteiger charge is 2.14. The highest BCUT2D eigenvalue weighted by atomic mass is 35.5. The van der Waals surface area contributed by atoms with E-state index < -0.39 is 0 Å². The molecule has 0 unspecified atom stereocenters. The summed E-state index contributed by atoms with van der Waals surface area (Å²) in [6, 6.07) is 11.5. The summed E-state index contributed by atoms with van der Waals surface area (Å²) in [5, 5.41) is 0.443. The third-order valence-corrected chi connectivity index (χ3v) is 3.30. The van der Waals surface area contributed by atoms with Gasteiger partial charge in [-0.1, -0.05) is 41.9 Å². The minimum Gasteiger partial charge on any atom is -0.294 e. The number of hydrogen-bond donors (Lipinski definition) is 0. The van der Waals surface area contributed by atoms with Crippen LogP contribution in [0.4, 0.5) is 4.39 Å². The summed E-state index contributed by atoms with van der Waals surface area (Å²) in [6.07, 6.45) is 0.0237. The molecule has 0 atom stereocenters. The molecule has 2 aromatic carbocycles. The summed E-state index contributed by atoms with van der Waals surface area (Å²) in [7, 11) is 0. The third kappa shape index (κ3) is 2.59. The fourth-order valence-corrected chi connectivity index (χ4v) is 2.00. The molecule has 1 nitrogen and oxygen atoms in total. The van der Waals surface area contributed by atoms with Gasteiger partial charge in [0.05, 0.1) is 5.02 Å². The third-order valence-electron chi connectivity index (χ3n) is 2.80. The molecule has 0 saturated carbocycles. The zero-order chi connectivity index (χ0) is 13.1. The number of aryl methyl sites for hydroxylation is 1. The fourth-order valence-electron chi connectivity index (χ4n) is 1.77. The summed E-state index contributed by atoms with van der Waals surface area (Å²) in [5.74, 6) is -0.538. The van der Waals surface area contributed by atoms with Crippen LogP contribution in [0.25, 0.3) is 0 Å². The Morgan fingerprint density at radius 1 is 1.17 bits per heavy atom. The van der Waals surface area contributed by atoms with E-state index in [0.717, 1.165) is 5.56 Å². The van der Waals surface area contributed by atoms with Gasteiger partial charge < -0.3 is 0 Å². The maximum atomic E-state index is 13.5. The van der Waals surface area contributed by atoms with E-state index in [0.29, 0.717) is 16.1 Å². The first-order valence-electron chi connectivity index (χ1n) is 5.61. The molecule has 0 aliphatic carbocycles. The van der Waals surface area contributed by atoms with E-state index in [2.05, 4.69) is 0 Å². The molecule has 0 saturated heterocycles. The monoisotopic (exact) mass is 262 g/mol. The number of hydrogen-bond acceptors (Lipinski definition) is 1. The molecule has 0 aliphatic rings. The molecule has 0 fully saturated rings. The first kappa shape index (κ1) is 12.8. The van der Waals surface area contributed by atoms with Crippen LogP contribution < -0.4 is 0 Å². The number of ketones is 1. The van der Waals surface area contributed by atoms with Crippen molar-refractivity contribution in [2.24, 2.45) is 0 Å². The van der Waals surface area contributed by atoms with Gasteiger partial charge >= 0.3 is 0 Å². The largest absolute Gasteiger partial charge is 0.294 e. The van der Waals surface area contributed by atoms with Gasteiger partial charge in [-0.25, -0.2) is 4.39 Å². The minimum atomic E-state index is -0.366. The summed E-state index contributed by atoms with van der Waals surface area (Å²) in [6.45, 7) is 1.84. The standard InChI is InChI=1S/C15H12ClFO/c1-10-5-4-7-12(15(10)16)14(18)9-11-6-2-3-8-13(11)17/h2-8H,9H2,1H3. The molecule has 0 aromatic heterocycles. The van der Waals surface area contributed by atoms with Crippen LogP contribution in [0.15, 0.2) is 42.5 Å². The number of Topliss-reactive ketones (excluding diaryl/α,β-unsaturated/α-hetero) is 1. The van der Waals surface area contributed by atoms with Gasteiger partial charge in [0, 0.05) is 12.0 Å². The van der Waals surface area contributed by atoms with Gasteiger partial charge in [0.15, 0.2) is 5.78 Å². The number of carbonyl (C=O) groups is 1. The van der Waals surface area contributed by atoms with Crippen molar-refractivity contribution in [3.05, 3.63) is 70.0 Å². The van der Waals surface area contributed by atoms with Crippen molar-refractivity contribution in [3.8, 4) is 0 Å². The van der Waals surface area contributed by atoms with E-state index in [9.17, 15) is 9.18 Å². The van der Waals surface area contributed by atoms with Gasteiger partial charge in [-0.3, -0.25) is 4.79 Å². The van der Waals surface area contributed by atoms with Gasteiger partial charge in [-0.15, -0.1) is 0 Å². The number of halogens is 2. The Morgan fingerprint density at radius 3 is 2.61 bits per heavy atom. The van der Waals surface area contributed by atoms with Crippen molar-refractivity contribution in [3.63, 3.8) is 0 Å². The molecular formula is C15H12ClFO. The number of carbonyl (C=O) groups excluding carboxylic acids is 1. The lowest BCUT2D eigenvalue weighted by molar-refractivity contribution is 0.0992. The lowest BCUT2D eigenvalue weighted by Crippen LogP contribution is -2.06. The molecule has 0 spiro atoms. The Balaban J connectivity index is 2.28. The van der Waals surface area contributed by atoms with Gasteiger partial charge in [0.2, 0.25) is 0 Å². The first-order valence-corrected chi connectivity index (χ1v) is 5.99. The normalized spacial score (nSPS) is 10.4. The molecule has 0 aliphatic heterocycles. The van der Waals surface area contributed by atoms with Gasteiger partial charge in [0.1, 0.15) is 5.82 Å². The lowest BCUT2D eigenvalue weighted by atomic mass is 10.0. The average Bonchev–Trinajstić information content (AvgIpc) is 2.35. The summed E-state index contributed by atoms with van der Waals surface area (Å²) in [5.41, 5.74) is 1.68. The van der Waals surface area contributed by atoms with Crippen molar-refractivity contribution >= 4 is 17.4 Å². The molecule has 0 heterocycles. The Bertz CT molecular complexity index is 593. The van der Waals surface area contributed by atoms with E-state index in [1.807, 2.05) is 13.0 Å². The van der Waals surface area contributed by atoms with Crippen LogP contribution >= 0.6 is 11.6 Å². The highest BCUT2D eigenvalue weighted by Crippen LogP contribution is 2.22. The molecular weight excluding hydrogens is 251 g/mol. The predicted molar refractivity (Wildman–Crippen MR) is 70.6 cm³/mol. The predicted octanol–water partition coefficient (Wildman–Crippen LogP) is 4.21. The van der Waals surface area contributed by atoms with Crippen molar-refractivity contribution < 1.29 is 9.18 Å². The quantitative estimate of drug-likeness (QED) is 0.757. The Morgan fingerprint density at radius 2 is 1.89 bits per heavy atom. The zero-order valence-corrected chi connectivity index (χ0v) is 10.7. The Hall–Kier alpha value is -1.67.